The van der Waals surface area contributed by atoms with Gasteiger partial charge in [0.05, 0.1) is 12.3 Å². The SMILES string of the molecule is CN(C)S(=O)(=O)Nc1cccc(/C(=N/O)c2ccc(CO)cc2)c1. The van der Waals surface area contributed by atoms with Crippen molar-refractivity contribution < 1.29 is 18.7 Å². The van der Waals surface area contributed by atoms with Crippen molar-refractivity contribution in [2.75, 3.05) is 18.8 Å². The molecular formula is C16H19N3O4S. The minimum Gasteiger partial charge on any atom is -0.410 e. The molecule has 2 aromatic carbocycles. The molecule has 0 aliphatic heterocycles. The van der Waals surface area contributed by atoms with Crippen LogP contribution in [-0.2, 0) is 16.8 Å². The number of hydrogen-bond donors (Lipinski definition) is 3. The molecule has 0 saturated heterocycles. The number of rotatable bonds is 6. The molecule has 0 fully saturated rings. The third kappa shape index (κ3) is 4.10. The van der Waals surface area contributed by atoms with E-state index in [9.17, 15) is 13.6 Å². The summed E-state index contributed by atoms with van der Waals surface area (Å²) in [5.74, 6) is 0. The number of nitrogens with one attached hydrogen (secondary N) is 1. The fourth-order valence-electron chi connectivity index (χ4n) is 2.02. The van der Waals surface area contributed by atoms with Gasteiger partial charge in [-0.15, -0.1) is 0 Å². The second-order valence-electron chi connectivity index (χ2n) is 5.27. The van der Waals surface area contributed by atoms with Gasteiger partial charge in [-0.2, -0.15) is 12.7 Å². The van der Waals surface area contributed by atoms with Gasteiger partial charge in [0, 0.05) is 25.2 Å². The van der Waals surface area contributed by atoms with E-state index in [-0.39, 0.29) is 6.61 Å². The van der Waals surface area contributed by atoms with Crippen LogP contribution in [0.2, 0.25) is 0 Å². The molecule has 0 amide bonds. The lowest BCUT2D eigenvalue weighted by molar-refractivity contribution is 0.282. The van der Waals surface area contributed by atoms with Gasteiger partial charge in [0.1, 0.15) is 5.71 Å². The molecular weight excluding hydrogens is 330 g/mol. The third-order valence-electron chi connectivity index (χ3n) is 3.37. The molecule has 0 spiro atoms. The van der Waals surface area contributed by atoms with Crippen molar-refractivity contribution in [3.63, 3.8) is 0 Å². The quantitative estimate of drug-likeness (QED) is 0.419. The van der Waals surface area contributed by atoms with Gasteiger partial charge < -0.3 is 10.3 Å². The van der Waals surface area contributed by atoms with Crippen LogP contribution in [0.25, 0.3) is 0 Å². The lowest BCUT2D eigenvalue weighted by Crippen LogP contribution is -2.29. The van der Waals surface area contributed by atoms with E-state index < -0.39 is 10.2 Å². The monoisotopic (exact) mass is 349 g/mol. The predicted octanol–water partition coefficient (Wildman–Crippen LogP) is 1.62. The smallest absolute Gasteiger partial charge is 0.301 e. The Morgan fingerprint density at radius 2 is 1.79 bits per heavy atom. The van der Waals surface area contributed by atoms with Crippen LogP contribution in [0.1, 0.15) is 16.7 Å². The van der Waals surface area contributed by atoms with E-state index in [0.717, 1.165) is 9.87 Å². The fourth-order valence-corrected chi connectivity index (χ4v) is 2.63. The van der Waals surface area contributed by atoms with Crippen LogP contribution in [0.3, 0.4) is 0 Å². The Morgan fingerprint density at radius 3 is 2.33 bits per heavy atom. The second-order valence-corrected chi connectivity index (χ2v) is 7.16. The molecule has 0 atom stereocenters. The number of anilines is 1. The van der Waals surface area contributed by atoms with Crippen molar-refractivity contribution in [2.24, 2.45) is 5.16 Å². The van der Waals surface area contributed by atoms with E-state index >= 15 is 0 Å². The Kier molecular flexibility index (Phi) is 5.55. The molecule has 8 heteroatoms. The number of aliphatic hydroxyl groups excluding tert-OH is 1. The van der Waals surface area contributed by atoms with Crippen molar-refractivity contribution in [3.8, 4) is 0 Å². The van der Waals surface area contributed by atoms with Crippen LogP contribution in [0.15, 0.2) is 53.7 Å². The van der Waals surface area contributed by atoms with Gasteiger partial charge in [0.2, 0.25) is 0 Å². The number of nitrogens with zero attached hydrogens (tertiary/aromatic N) is 2. The first-order valence-corrected chi connectivity index (χ1v) is 8.54. The zero-order valence-electron chi connectivity index (χ0n) is 13.3. The van der Waals surface area contributed by atoms with E-state index in [1.54, 1.807) is 48.5 Å². The van der Waals surface area contributed by atoms with E-state index in [4.69, 9.17) is 5.11 Å². The van der Waals surface area contributed by atoms with E-state index in [0.29, 0.717) is 22.5 Å². The van der Waals surface area contributed by atoms with Gasteiger partial charge in [0.25, 0.3) is 0 Å². The van der Waals surface area contributed by atoms with Crippen LogP contribution in [0.5, 0.6) is 0 Å². The van der Waals surface area contributed by atoms with Crippen molar-refractivity contribution in [1.29, 1.82) is 0 Å². The Labute approximate surface area is 141 Å². The van der Waals surface area contributed by atoms with Crippen LogP contribution in [0.4, 0.5) is 5.69 Å². The first kappa shape index (κ1) is 17.9. The number of hydrogen-bond acceptors (Lipinski definition) is 5. The third-order valence-corrected chi connectivity index (χ3v) is 4.83. The Hall–Kier alpha value is -2.42. The summed E-state index contributed by atoms with van der Waals surface area (Å²) in [6, 6.07) is 13.4. The summed E-state index contributed by atoms with van der Waals surface area (Å²) in [7, 11) is -0.769. The summed E-state index contributed by atoms with van der Waals surface area (Å²) in [5, 5.41) is 21.8. The maximum absolute atomic E-state index is 11.9. The van der Waals surface area contributed by atoms with Crippen LogP contribution >= 0.6 is 0 Å². The van der Waals surface area contributed by atoms with Crippen LogP contribution in [0, 0.1) is 0 Å². The van der Waals surface area contributed by atoms with Crippen molar-refractivity contribution in [3.05, 3.63) is 65.2 Å². The highest BCUT2D eigenvalue weighted by atomic mass is 32.2. The Morgan fingerprint density at radius 1 is 1.12 bits per heavy atom. The average molecular weight is 349 g/mol. The molecule has 0 aliphatic rings. The highest BCUT2D eigenvalue weighted by Crippen LogP contribution is 2.18. The second kappa shape index (κ2) is 7.43. The summed E-state index contributed by atoms with van der Waals surface area (Å²) in [6.07, 6.45) is 0. The lowest BCUT2D eigenvalue weighted by Gasteiger charge is -2.14. The molecule has 0 unspecified atom stereocenters. The van der Waals surface area contributed by atoms with E-state index in [1.807, 2.05) is 0 Å². The summed E-state index contributed by atoms with van der Waals surface area (Å²) >= 11 is 0. The topological polar surface area (TPSA) is 102 Å². The molecule has 0 heterocycles. The van der Waals surface area contributed by atoms with Gasteiger partial charge in [-0.05, 0) is 17.7 Å². The molecule has 2 aromatic rings. The molecule has 24 heavy (non-hydrogen) atoms. The lowest BCUT2D eigenvalue weighted by atomic mass is 10.0. The molecule has 2 rings (SSSR count). The molecule has 128 valence electrons. The predicted molar refractivity (Wildman–Crippen MR) is 92.5 cm³/mol. The number of benzene rings is 2. The summed E-state index contributed by atoms with van der Waals surface area (Å²) in [4.78, 5) is 0. The van der Waals surface area contributed by atoms with E-state index in [2.05, 4.69) is 9.88 Å². The Bertz CT molecular complexity index is 831. The van der Waals surface area contributed by atoms with Crippen molar-refractivity contribution in [1.82, 2.24) is 4.31 Å². The average Bonchev–Trinajstić information content (AvgIpc) is 2.56. The molecule has 0 saturated carbocycles. The minimum absolute atomic E-state index is 0.0757. The first-order chi connectivity index (χ1) is 11.4. The molecule has 0 radical (unpaired) electrons. The van der Waals surface area contributed by atoms with Gasteiger partial charge >= 0.3 is 10.2 Å². The highest BCUT2D eigenvalue weighted by Gasteiger charge is 2.14. The van der Waals surface area contributed by atoms with E-state index in [1.165, 1.54) is 14.1 Å². The number of aliphatic hydroxyl groups is 1. The zero-order valence-corrected chi connectivity index (χ0v) is 14.2. The van der Waals surface area contributed by atoms with Crippen LogP contribution < -0.4 is 4.72 Å². The minimum atomic E-state index is -3.62. The highest BCUT2D eigenvalue weighted by molar-refractivity contribution is 7.90. The molecule has 0 aromatic heterocycles. The first-order valence-electron chi connectivity index (χ1n) is 7.10. The number of oxime groups is 1. The van der Waals surface area contributed by atoms with Crippen molar-refractivity contribution >= 4 is 21.6 Å². The summed E-state index contributed by atoms with van der Waals surface area (Å²) in [5.41, 5.74) is 2.58. The fraction of sp³-hybridized carbons (Fsp3) is 0.188. The maximum atomic E-state index is 11.9. The molecule has 3 N–H and O–H groups in total. The molecule has 7 nitrogen and oxygen atoms in total. The summed E-state index contributed by atoms with van der Waals surface area (Å²) in [6.45, 7) is -0.0757. The van der Waals surface area contributed by atoms with Gasteiger partial charge in [-0.3, -0.25) is 4.72 Å². The normalized spacial score (nSPS) is 12.4. The largest absolute Gasteiger partial charge is 0.410 e. The molecule has 0 bridgehead atoms. The van der Waals surface area contributed by atoms with Gasteiger partial charge in [0.15, 0.2) is 0 Å². The molecule has 0 aliphatic carbocycles. The zero-order chi connectivity index (χ0) is 17.7. The van der Waals surface area contributed by atoms with Gasteiger partial charge in [-0.25, -0.2) is 0 Å². The van der Waals surface area contributed by atoms with Crippen LogP contribution in [-0.4, -0.2) is 42.8 Å². The maximum Gasteiger partial charge on any atom is 0.301 e. The standard InChI is InChI=1S/C16H19N3O4S/c1-19(2)24(22,23)18-15-5-3-4-14(10-15)16(17-21)13-8-6-12(11-20)7-9-13/h3-10,18,20-21H,11H2,1-2H3/b17-16+. The summed E-state index contributed by atoms with van der Waals surface area (Å²) < 4.78 is 27.3. The van der Waals surface area contributed by atoms with Gasteiger partial charge in [-0.1, -0.05) is 41.6 Å². The Balaban J connectivity index is 2.35. The van der Waals surface area contributed by atoms with Crippen molar-refractivity contribution in [2.45, 2.75) is 6.61 Å².